The quantitative estimate of drug-likeness (QED) is 0.393. The monoisotopic (exact) mass is 541 g/mol. The number of hydrogen-bond donors (Lipinski definition) is 1. The molecule has 2 fully saturated rings. The number of morpholine rings is 1. The van der Waals surface area contributed by atoms with Gasteiger partial charge >= 0.3 is 6.18 Å². The van der Waals surface area contributed by atoms with Gasteiger partial charge in [-0.25, -0.2) is 4.98 Å². The minimum atomic E-state index is -4.60. The van der Waals surface area contributed by atoms with Crippen LogP contribution in [0.3, 0.4) is 0 Å². The Balaban J connectivity index is 1.42. The number of hydrogen-bond acceptors (Lipinski definition) is 7. The number of fused-ring (bicyclic) bond motifs is 1. The first-order valence-electron chi connectivity index (χ1n) is 13.0. The van der Waals surface area contributed by atoms with Crippen molar-refractivity contribution in [2.24, 2.45) is 7.05 Å². The molecule has 5 heterocycles. The number of nitrogens with zero attached hydrogens (tertiary/aromatic N) is 6. The van der Waals surface area contributed by atoms with E-state index in [-0.39, 0.29) is 17.6 Å². The van der Waals surface area contributed by atoms with Crippen LogP contribution in [0.5, 0.6) is 0 Å². The first-order chi connectivity index (χ1) is 18.6. The van der Waals surface area contributed by atoms with Crippen LogP contribution in [0, 0.1) is 0 Å². The van der Waals surface area contributed by atoms with Crippen LogP contribution in [0.1, 0.15) is 42.7 Å². The molecule has 0 saturated carbocycles. The number of alkyl halides is 3. The van der Waals surface area contributed by atoms with Crippen molar-refractivity contribution in [2.75, 3.05) is 32.9 Å². The maximum atomic E-state index is 14.0. The van der Waals surface area contributed by atoms with Crippen molar-refractivity contribution >= 4 is 10.9 Å². The van der Waals surface area contributed by atoms with Gasteiger partial charge in [-0.05, 0) is 31.5 Å². The third-order valence-corrected chi connectivity index (χ3v) is 7.90. The molecule has 3 aromatic heterocycles. The van der Waals surface area contributed by atoms with Crippen LogP contribution in [0.4, 0.5) is 13.2 Å². The standard InChI is InChI=1S/C27H30F3N7O2/c1-16-12-37(7-8-39-16)17(2)23-25-20(10-21(32-23)27(28,29)30)24(34-35-25)18-5-4-6-19(9-18)26(13-38-14-26)11-22-33-31-15-36(22)3/h4-6,9-10,15-17H,7-8,11-14H2,1-3H3,(H,34,35)/t16-,17+/m1/s1. The molecule has 2 aliphatic rings. The average molecular weight is 542 g/mol. The number of halogens is 3. The smallest absolute Gasteiger partial charge is 0.379 e. The summed E-state index contributed by atoms with van der Waals surface area (Å²) in [6.07, 6.45) is -2.31. The molecule has 0 unspecified atom stereocenters. The van der Waals surface area contributed by atoms with E-state index in [1.165, 1.54) is 0 Å². The van der Waals surface area contributed by atoms with E-state index >= 15 is 0 Å². The van der Waals surface area contributed by atoms with E-state index in [1.54, 1.807) is 6.33 Å². The Kier molecular flexibility index (Phi) is 6.43. The van der Waals surface area contributed by atoms with Crippen molar-refractivity contribution < 1.29 is 22.6 Å². The number of rotatable bonds is 6. The lowest BCUT2D eigenvalue weighted by Crippen LogP contribution is -2.49. The molecule has 0 bridgehead atoms. The summed E-state index contributed by atoms with van der Waals surface area (Å²) in [6.45, 7) is 6.63. The zero-order valence-corrected chi connectivity index (χ0v) is 22.0. The Bertz CT molecular complexity index is 1490. The molecule has 6 rings (SSSR count). The molecular formula is C27H30F3N7O2. The summed E-state index contributed by atoms with van der Waals surface area (Å²) in [5.74, 6) is 0.839. The normalized spacial score (nSPS) is 20.7. The molecular weight excluding hydrogens is 511 g/mol. The maximum Gasteiger partial charge on any atom is 0.433 e. The van der Waals surface area contributed by atoms with Crippen molar-refractivity contribution in [3.05, 3.63) is 59.4 Å². The fourth-order valence-electron chi connectivity index (χ4n) is 5.56. The predicted octanol–water partition coefficient (Wildman–Crippen LogP) is 4.06. The van der Waals surface area contributed by atoms with Crippen LogP contribution in [0.15, 0.2) is 36.7 Å². The van der Waals surface area contributed by atoms with E-state index < -0.39 is 11.9 Å². The Labute approximate surface area is 223 Å². The largest absolute Gasteiger partial charge is 0.433 e. The molecule has 0 radical (unpaired) electrons. The molecule has 12 heteroatoms. The minimum absolute atomic E-state index is 0.00749. The predicted molar refractivity (Wildman–Crippen MR) is 137 cm³/mol. The highest BCUT2D eigenvalue weighted by Gasteiger charge is 2.42. The maximum absolute atomic E-state index is 14.0. The molecule has 2 saturated heterocycles. The second kappa shape index (κ2) is 9.68. The number of ether oxygens (including phenoxy) is 2. The van der Waals surface area contributed by atoms with E-state index in [0.717, 1.165) is 23.0 Å². The highest BCUT2D eigenvalue weighted by atomic mass is 19.4. The van der Waals surface area contributed by atoms with Gasteiger partial charge in [0.1, 0.15) is 23.5 Å². The minimum Gasteiger partial charge on any atom is -0.379 e. The molecule has 39 heavy (non-hydrogen) atoms. The van der Waals surface area contributed by atoms with Gasteiger partial charge in [0.15, 0.2) is 0 Å². The zero-order chi connectivity index (χ0) is 27.4. The second-order valence-corrected chi connectivity index (χ2v) is 10.6. The van der Waals surface area contributed by atoms with E-state index in [2.05, 4.69) is 30.3 Å². The van der Waals surface area contributed by atoms with E-state index in [4.69, 9.17) is 9.47 Å². The highest BCUT2D eigenvalue weighted by molar-refractivity contribution is 5.94. The van der Waals surface area contributed by atoms with Gasteiger partial charge in [-0.2, -0.15) is 18.3 Å². The molecule has 206 valence electrons. The van der Waals surface area contributed by atoms with Gasteiger partial charge < -0.3 is 14.0 Å². The number of H-pyrrole nitrogens is 1. The highest BCUT2D eigenvalue weighted by Crippen LogP contribution is 2.40. The summed E-state index contributed by atoms with van der Waals surface area (Å²) in [5, 5.41) is 16.1. The first kappa shape index (κ1) is 25.9. The molecule has 4 aromatic rings. The molecule has 2 atom stereocenters. The van der Waals surface area contributed by atoms with Crippen molar-refractivity contribution in [3.8, 4) is 11.3 Å². The molecule has 0 spiro atoms. The Morgan fingerprint density at radius 3 is 2.72 bits per heavy atom. The Morgan fingerprint density at radius 1 is 1.23 bits per heavy atom. The lowest BCUT2D eigenvalue weighted by Gasteiger charge is -2.41. The summed E-state index contributed by atoms with van der Waals surface area (Å²) in [6, 6.07) is 8.53. The summed E-state index contributed by atoms with van der Waals surface area (Å²) >= 11 is 0. The van der Waals surface area contributed by atoms with E-state index in [0.29, 0.717) is 61.6 Å². The van der Waals surface area contributed by atoms with Crippen molar-refractivity contribution in [3.63, 3.8) is 0 Å². The SMILES string of the molecule is C[C@@H]1CN([C@@H](C)c2nc(C(F)(F)F)cc3c(-c4cccc(C5(Cc6nncn6C)COC5)c4)n[nH]c23)CCO1. The summed E-state index contributed by atoms with van der Waals surface area (Å²) in [7, 11) is 1.90. The number of aryl methyl sites for hydroxylation is 1. The number of nitrogens with one attached hydrogen (secondary N) is 1. The van der Waals surface area contributed by atoms with Gasteiger partial charge in [0.05, 0.1) is 43.2 Å². The molecule has 9 nitrogen and oxygen atoms in total. The van der Waals surface area contributed by atoms with Crippen molar-refractivity contribution in [2.45, 2.75) is 44.0 Å². The zero-order valence-electron chi connectivity index (χ0n) is 22.0. The molecule has 1 aromatic carbocycles. The third kappa shape index (κ3) is 4.70. The van der Waals surface area contributed by atoms with Gasteiger partial charge in [-0.15, -0.1) is 10.2 Å². The van der Waals surface area contributed by atoms with Crippen LogP contribution in [-0.4, -0.2) is 73.9 Å². The average Bonchev–Trinajstić information content (AvgIpc) is 3.50. The molecule has 2 aliphatic heterocycles. The number of aromatic nitrogens is 6. The third-order valence-electron chi connectivity index (χ3n) is 7.90. The van der Waals surface area contributed by atoms with Crippen molar-refractivity contribution in [1.82, 2.24) is 34.8 Å². The van der Waals surface area contributed by atoms with Crippen LogP contribution >= 0.6 is 0 Å². The van der Waals surface area contributed by atoms with Crippen LogP contribution in [0.25, 0.3) is 22.2 Å². The second-order valence-electron chi connectivity index (χ2n) is 10.6. The fourth-order valence-corrected chi connectivity index (χ4v) is 5.56. The van der Waals surface area contributed by atoms with Crippen molar-refractivity contribution in [1.29, 1.82) is 0 Å². The first-order valence-corrected chi connectivity index (χ1v) is 13.0. The number of aromatic amines is 1. The van der Waals surface area contributed by atoms with Crippen LogP contribution < -0.4 is 0 Å². The van der Waals surface area contributed by atoms with E-state index in [9.17, 15) is 13.2 Å². The van der Waals surface area contributed by atoms with Gasteiger partial charge in [0.25, 0.3) is 0 Å². The Hall–Kier alpha value is -3.35. The van der Waals surface area contributed by atoms with Gasteiger partial charge in [0.2, 0.25) is 0 Å². The van der Waals surface area contributed by atoms with Crippen LogP contribution in [0.2, 0.25) is 0 Å². The molecule has 0 aliphatic carbocycles. The molecule has 1 N–H and O–H groups in total. The van der Waals surface area contributed by atoms with Gasteiger partial charge in [-0.3, -0.25) is 10.00 Å². The summed E-state index contributed by atoms with van der Waals surface area (Å²) in [5.41, 5.74) is 1.81. The topological polar surface area (TPSA) is 94.0 Å². The number of pyridine rings is 1. The van der Waals surface area contributed by atoms with E-state index in [1.807, 2.05) is 49.7 Å². The summed E-state index contributed by atoms with van der Waals surface area (Å²) in [4.78, 5) is 6.20. The fraction of sp³-hybridized carbons (Fsp3) is 0.481. The summed E-state index contributed by atoms with van der Waals surface area (Å²) < 4.78 is 55.2. The van der Waals surface area contributed by atoms with Crippen LogP contribution in [-0.2, 0) is 34.5 Å². The lowest BCUT2D eigenvalue weighted by molar-refractivity contribution is -0.141. The van der Waals surface area contributed by atoms with Gasteiger partial charge in [0, 0.05) is 42.9 Å². The number of benzene rings is 1. The lowest BCUT2D eigenvalue weighted by atomic mass is 9.75. The molecule has 0 amide bonds. The van der Waals surface area contributed by atoms with Gasteiger partial charge in [-0.1, -0.05) is 18.2 Å². The Morgan fingerprint density at radius 2 is 2.05 bits per heavy atom.